The Hall–Kier alpha value is -3.34. The largest absolute Gasteiger partial charge is 0.391 e. The van der Waals surface area contributed by atoms with Crippen molar-refractivity contribution in [1.82, 2.24) is 20.3 Å². The Labute approximate surface area is 147 Å². The number of nitrogens with zero attached hydrogens (tertiary/aromatic N) is 4. The van der Waals surface area contributed by atoms with Crippen molar-refractivity contribution in [2.45, 2.75) is 19.4 Å². The number of aromatic amines is 1. The van der Waals surface area contributed by atoms with Crippen LogP contribution in [-0.2, 0) is 12.5 Å². The Morgan fingerprint density at radius 1 is 1.31 bits per heavy atom. The molecule has 2 aromatic heterocycles. The maximum atomic E-state index is 14.7. The van der Waals surface area contributed by atoms with Crippen LogP contribution in [0.15, 0.2) is 39.8 Å². The Bertz CT molecular complexity index is 978. The first-order chi connectivity index (χ1) is 12.3. The molecule has 0 atom stereocenters. The first-order valence-electron chi connectivity index (χ1n) is 7.44. The molecule has 0 saturated carbocycles. The molecule has 2 heterocycles. The zero-order chi connectivity index (χ0) is 18.9. The number of nitrogens with one attached hydrogen (secondary N) is 1. The van der Waals surface area contributed by atoms with Crippen LogP contribution in [0.4, 0.5) is 20.3 Å². The summed E-state index contributed by atoms with van der Waals surface area (Å²) in [5, 5.41) is 8.17. The number of aryl methyl sites for hydroxylation is 1. The van der Waals surface area contributed by atoms with E-state index in [9.17, 15) is 13.6 Å². The fourth-order valence-corrected chi connectivity index (χ4v) is 2.25. The quantitative estimate of drug-likeness (QED) is 0.454. The van der Waals surface area contributed by atoms with Gasteiger partial charge in [0.2, 0.25) is 0 Å². The average Bonchev–Trinajstić information content (AvgIpc) is 3.02. The summed E-state index contributed by atoms with van der Waals surface area (Å²) in [6.45, 7) is 1.54. The molecule has 0 aliphatic heterocycles. The number of nitrogens with two attached hydrogens (primary N) is 2. The van der Waals surface area contributed by atoms with Gasteiger partial charge in [0, 0.05) is 6.99 Å². The van der Waals surface area contributed by atoms with E-state index in [0.29, 0.717) is 11.4 Å². The number of H-pyrrole nitrogens is 1. The van der Waals surface area contributed by atoms with Crippen LogP contribution in [0.1, 0.15) is 24.2 Å². The van der Waals surface area contributed by atoms with Crippen molar-refractivity contribution in [2.24, 2.45) is 5.84 Å². The predicted octanol–water partition coefficient (Wildman–Crippen LogP) is 1.31. The lowest BCUT2D eigenvalue weighted by atomic mass is 10.1. The van der Waals surface area contributed by atoms with Gasteiger partial charge < -0.3 is 10.7 Å². The second-order valence-corrected chi connectivity index (χ2v) is 5.52. The summed E-state index contributed by atoms with van der Waals surface area (Å²) >= 11 is 0. The Kier molecular flexibility index (Phi) is 4.38. The minimum absolute atomic E-state index is 0. The molecule has 0 bridgehead atoms. The number of aromatic nitrogens is 4. The smallest absolute Gasteiger partial charge is 0.330 e. The maximum absolute atomic E-state index is 14.7. The van der Waals surface area contributed by atoms with Gasteiger partial charge in [-0.3, -0.25) is 9.80 Å². The molecule has 0 amide bonds. The van der Waals surface area contributed by atoms with Crippen LogP contribution in [0.3, 0.4) is 0 Å². The fourth-order valence-electron chi connectivity index (χ4n) is 2.25. The number of anilines is 2. The van der Waals surface area contributed by atoms with Gasteiger partial charge in [0.25, 0.3) is 5.56 Å². The van der Waals surface area contributed by atoms with Crippen molar-refractivity contribution in [3.05, 3.63) is 63.5 Å². The summed E-state index contributed by atoms with van der Waals surface area (Å²) in [5.74, 6) is 1.14. The fraction of sp³-hybridized carbons (Fsp3) is 0.200. The third-order valence-electron chi connectivity index (χ3n) is 3.71. The molecule has 0 radical (unpaired) electrons. The molecule has 0 aliphatic rings. The predicted molar refractivity (Wildman–Crippen MR) is 90.2 cm³/mol. The van der Waals surface area contributed by atoms with Gasteiger partial charge in [-0.25, -0.2) is 15.5 Å². The van der Waals surface area contributed by atoms with Crippen molar-refractivity contribution in [2.75, 3.05) is 10.7 Å². The van der Waals surface area contributed by atoms with E-state index in [0.717, 1.165) is 5.01 Å². The first-order valence-corrected chi connectivity index (χ1v) is 7.44. The standard InChI is InChI=1S/C15H15F2N7O2.H2/c1-8-10(23-26-22-8)7-24(19)12-11(18)13(25)21-14(20-12)15(16,17)9-5-3-2-4-6-9;/h2-6H,7,18-19H2,1H3,(H,20,21,25);1H. The summed E-state index contributed by atoms with van der Waals surface area (Å²) in [7, 11) is 0. The van der Waals surface area contributed by atoms with Crippen LogP contribution in [0.2, 0.25) is 0 Å². The molecule has 0 fully saturated rings. The van der Waals surface area contributed by atoms with Crippen LogP contribution in [0.25, 0.3) is 0 Å². The Morgan fingerprint density at radius 2 is 2.00 bits per heavy atom. The Morgan fingerprint density at radius 3 is 2.62 bits per heavy atom. The SMILES string of the molecule is Cc1nonc1CN(N)c1nc(C(F)(F)c2ccccc2)[nH]c(=O)c1N.[HH]. The monoisotopic (exact) mass is 365 g/mol. The van der Waals surface area contributed by atoms with E-state index in [4.69, 9.17) is 11.6 Å². The number of alkyl halides is 2. The number of halogens is 2. The Balaban J connectivity index is 0.00000261. The molecule has 1 aromatic carbocycles. The molecule has 0 aliphatic carbocycles. The number of rotatable bonds is 5. The van der Waals surface area contributed by atoms with Crippen LogP contribution in [-0.4, -0.2) is 20.3 Å². The zero-order valence-corrected chi connectivity index (χ0v) is 13.6. The third-order valence-corrected chi connectivity index (χ3v) is 3.71. The van der Waals surface area contributed by atoms with Gasteiger partial charge in [-0.1, -0.05) is 40.6 Å². The topological polar surface area (TPSA) is 140 Å². The van der Waals surface area contributed by atoms with Crippen LogP contribution < -0.4 is 22.1 Å². The van der Waals surface area contributed by atoms with E-state index in [-0.39, 0.29) is 19.4 Å². The van der Waals surface area contributed by atoms with E-state index in [1.807, 2.05) is 4.98 Å². The number of nitrogen functional groups attached to an aromatic ring is 1. The average molecular weight is 365 g/mol. The molecule has 9 nitrogen and oxygen atoms in total. The van der Waals surface area contributed by atoms with Crippen LogP contribution in [0.5, 0.6) is 0 Å². The molecule has 0 spiro atoms. The molecule has 3 rings (SSSR count). The van der Waals surface area contributed by atoms with E-state index in [2.05, 4.69) is 19.9 Å². The number of benzene rings is 1. The summed E-state index contributed by atoms with van der Waals surface area (Å²) in [6, 6.07) is 6.95. The highest BCUT2D eigenvalue weighted by molar-refractivity contribution is 5.60. The lowest BCUT2D eigenvalue weighted by molar-refractivity contribution is 0.0327. The van der Waals surface area contributed by atoms with E-state index in [1.54, 1.807) is 13.0 Å². The third kappa shape index (κ3) is 3.11. The minimum atomic E-state index is -3.55. The van der Waals surface area contributed by atoms with Gasteiger partial charge in [-0.2, -0.15) is 8.78 Å². The second kappa shape index (κ2) is 6.52. The van der Waals surface area contributed by atoms with Gasteiger partial charge in [-0.15, -0.1) is 0 Å². The minimum Gasteiger partial charge on any atom is -0.391 e. The first kappa shape index (κ1) is 17.5. The van der Waals surface area contributed by atoms with Crippen LogP contribution in [0, 0.1) is 6.92 Å². The highest BCUT2D eigenvalue weighted by atomic mass is 19.3. The highest BCUT2D eigenvalue weighted by Gasteiger charge is 2.38. The molecule has 26 heavy (non-hydrogen) atoms. The van der Waals surface area contributed by atoms with Crippen molar-refractivity contribution in [3.63, 3.8) is 0 Å². The number of hydrogen-bond acceptors (Lipinski definition) is 8. The molecule has 11 heteroatoms. The van der Waals surface area contributed by atoms with Crippen LogP contribution >= 0.6 is 0 Å². The van der Waals surface area contributed by atoms with E-state index in [1.165, 1.54) is 24.3 Å². The molecular formula is C15H17F2N7O2. The second-order valence-electron chi connectivity index (χ2n) is 5.52. The molecule has 5 N–H and O–H groups in total. The molecule has 0 unspecified atom stereocenters. The number of hydrogen-bond donors (Lipinski definition) is 3. The van der Waals surface area contributed by atoms with E-state index >= 15 is 0 Å². The lowest BCUT2D eigenvalue weighted by Crippen LogP contribution is -2.36. The molecule has 0 saturated heterocycles. The van der Waals surface area contributed by atoms with Gasteiger partial charge in [0.1, 0.15) is 17.1 Å². The molecular weight excluding hydrogens is 348 g/mol. The van der Waals surface area contributed by atoms with Gasteiger partial charge in [0.05, 0.1) is 6.54 Å². The highest BCUT2D eigenvalue weighted by Crippen LogP contribution is 2.34. The van der Waals surface area contributed by atoms with Crippen molar-refractivity contribution in [3.8, 4) is 0 Å². The lowest BCUT2D eigenvalue weighted by Gasteiger charge is -2.21. The van der Waals surface area contributed by atoms with Crippen molar-refractivity contribution >= 4 is 11.5 Å². The van der Waals surface area contributed by atoms with Crippen molar-refractivity contribution in [1.29, 1.82) is 0 Å². The maximum Gasteiger partial charge on any atom is 0.330 e. The van der Waals surface area contributed by atoms with Gasteiger partial charge in [0.15, 0.2) is 11.6 Å². The number of hydrazine groups is 1. The summed E-state index contributed by atoms with van der Waals surface area (Å²) in [4.78, 5) is 17.8. The normalized spacial score (nSPS) is 11.5. The molecule has 3 aromatic rings. The van der Waals surface area contributed by atoms with Crippen molar-refractivity contribution < 1.29 is 14.8 Å². The molecule has 138 valence electrons. The summed E-state index contributed by atoms with van der Waals surface area (Å²) in [5.41, 5.74) is 4.82. The van der Waals surface area contributed by atoms with Gasteiger partial charge >= 0.3 is 5.92 Å². The van der Waals surface area contributed by atoms with E-state index < -0.39 is 23.0 Å². The summed E-state index contributed by atoms with van der Waals surface area (Å²) < 4.78 is 34.0. The summed E-state index contributed by atoms with van der Waals surface area (Å²) in [6.07, 6.45) is 0. The van der Waals surface area contributed by atoms with Gasteiger partial charge in [-0.05, 0) is 6.92 Å². The zero-order valence-electron chi connectivity index (χ0n) is 13.6.